The molecule has 0 fully saturated rings. The van der Waals surface area contributed by atoms with Crippen LogP contribution >= 0.6 is 0 Å². The van der Waals surface area contributed by atoms with E-state index in [0.717, 1.165) is 5.56 Å². The molecule has 3 aromatic rings. The second-order valence-corrected chi connectivity index (χ2v) is 6.64. The Balaban J connectivity index is 1.80. The Kier molecular flexibility index (Phi) is 6.31. The molecule has 7 heteroatoms. The second kappa shape index (κ2) is 9.07. The van der Waals surface area contributed by atoms with Crippen molar-refractivity contribution in [3.63, 3.8) is 0 Å². The van der Waals surface area contributed by atoms with Crippen LogP contribution in [0, 0.1) is 6.92 Å². The molecule has 0 unspecified atom stereocenters. The summed E-state index contributed by atoms with van der Waals surface area (Å²) in [5, 5.41) is 2.89. The fourth-order valence-corrected chi connectivity index (χ4v) is 2.97. The van der Waals surface area contributed by atoms with Crippen LogP contribution in [0.25, 0.3) is 0 Å². The predicted molar refractivity (Wildman–Crippen MR) is 112 cm³/mol. The van der Waals surface area contributed by atoms with E-state index < -0.39 is 6.04 Å². The summed E-state index contributed by atoms with van der Waals surface area (Å²) in [6.45, 7) is 1.93. The molecule has 0 spiro atoms. The predicted octanol–water partition coefficient (Wildman–Crippen LogP) is 2.96. The summed E-state index contributed by atoms with van der Waals surface area (Å²) in [7, 11) is 3.33. The van der Waals surface area contributed by atoms with Gasteiger partial charge in [-0.05, 0) is 42.3 Å². The van der Waals surface area contributed by atoms with E-state index in [1.165, 1.54) is 0 Å². The van der Waals surface area contributed by atoms with E-state index in [9.17, 15) is 9.59 Å². The smallest absolute Gasteiger partial charge is 0.282 e. The number of amides is 2. The van der Waals surface area contributed by atoms with E-state index in [1.807, 2.05) is 49.4 Å². The monoisotopic (exact) mass is 392 g/mol. The fourth-order valence-electron chi connectivity index (χ4n) is 2.97. The van der Waals surface area contributed by atoms with Crippen LogP contribution in [0.3, 0.4) is 0 Å². The summed E-state index contributed by atoms with van der Waals surface area (Å²) >= 11 is 0. The molecule has 1 atom stereocenters. The van der Waals surface area contributed by atoms with Gasteiger partial charge in [-0.15, -0.1) is 0 Å². The number of rotatable bonds is 7. The zero-order valence-corrected chi connectivity index (χ0v) is 16.6. The van der Waals surface area contributed by atoms with Gasteiger partial charge in [-0.2, -0.15) is 0 Å². The molecule has 1 aromatic heterocycles. The van der Waals surface area contributed by atoms with Crippen molar-refractivity contribution < 1.29 is 14.3 Å². The number of aryl methyl sites for hydroxylation is 2. The highest BCUT2D eigenvalue weighted by Crippen LogP contribution is 2.26. The first-order valence-electron chi connectivity index (χ1n) is 9.17. The number of carbonyl (C=O) groups is 2. The van der Waals surface area contributed by atoms with Crippen LogP contribution in [0.4, 0.5) is 5.69 Å². The van der Waals surface area contributed by atoms with Gasteiger partial charge in [-0.25, -0.2) is 5.43 Å². The summed E-state index contributed by atoms with van der Waals surface area (Å²) in [6, 6.07) is 17.4. The molecular formula is C22H24N4O3. The molecular weight excluding hydrogens is 368 g/mol. The SMILES string of the molecule is COc1ccc(C)cc1NC(=O)[C@@H](NNC(=O)c1cccn1C)c1ccccc1. The molecule has 0 saturated heterocycles. The van der Waals surface area contributed by atoms with Crippen LogP contribution in [-0.2, 0) is 11.8 Å². The van der Waals surface area contributed by atoms with E-state index in [0.29, 0.717) is 22.7 Å². The van der Waals surface area contributed by atoms with E-state index in [4.69, 9.17) is 4.74 Å². The first-order chi connectivity index (χ1) is 14.0. The van der Waals surface area contributed by atoms with E-state index in [-0.39, 0.29) is 11.8 Å². The quantitative estimate of drug-likeness (QED) is 0.540. The van der Waals surface area contributed by atoms with E-state index in [1.54, 1.807) is 43.1 Å². The summed E-state index contributed by atoms with van der Waals surface area (Å²) in [6.07, 6.45) is 1.78. The average Bonchev–Trinajstić information content (AvgIpc) is 3.15. The number of benzene rings is 2. The normalized spacial score (nSPS) is 11.6. The van der Waals surface area contributed by atoms with Gasteiger partial charge in [0.1, 0.15) is 17.5 Å². The number of ether oxygens (including phenoxy) is 1. The third-order valence-corrected chi connectivity index (χ3v) is 4.51. The van der Waals surface area contributed by atoms with Crippen molar-refractivity contribution in [3.8, 4) is 5.75 Å². The second-order valence-electron chi connectivity index (χ2n) is 6.64. The first-order valence-corrected chi connectivity index (χ1v) is 9.17. The molecule has 0 saturated carbocycles. The molecule has 0 aliphatic heterocycles. The number of methoxy groups -OCH3 is 1. The number of aromatic nitrogens is 1. The number of carbonyl (C=O) groups excluding carboxylic acids is 2. The van der Waals surface area contributed by atoms with Gasteiger partial charge in [-0.3, -0.25) is 15.0 Å². The summed E-state index contributed by atoms with van der Waals surface area (Å²) < 4.78 is 7.04. The van der Waals surface area contributed by atoms with Gasteiger partial charge < -0.3 is 14.6 Å². The summed E-state index contributed by atoms with van der Waals surface area (Å²) in [5.74, 6) is -0.102. The maximum absolute atomic E-state index is 13.1. The van der Waals surface area contributed by atoms with Crippen molar-refractivity contribution in [1.82, 2.24) is 15.4 Å². The lowest BCUT2D eigenvalue weighted by atomic mass is 10.1. The van der Waals surface area contributed by atoms with Gasteiger partial charge in [0.05, 0.1) is 12.8 Å². The van der Waals surface area contributed by atoms with Gasteiger partial charge in [0.25, 0.3) is 5.91 Å². The number of nitrogens with zero attached hydrogens (tertiary/aromatic N) is 1. The van der Waals surface area contributed by atoms with Crippen molar-refractivity contribution in [3.05, 3.63) is 83.7 Å². The number of nitrogens with one attached hydrogen (secondary N) is 3. The van der Waals surface area contributed by atoms with Gasteiger partial charge in [0, 0.05) is 13.2 Å². The zero-order chi connectivity index (χ0) is 20.8. The lowest BCUT2D eigenvalue weighted by Crippen LogP contribution is -2.45. The lowest BCUT2D eigenvalue weighted by molar-refractivity contribution is -0.118. The zero-order valence-electron chi connectivity index (χ0n) is 16.6. The van der Waals surface area contributed by atoms with Crippen molar-refractivity contribution >= 4 is 17.5 Å². The largest absolute Gasteiger partial charge is 0.495 e. The summed E-state index contributed by atoms with van der Waals surface area (Å²) in [4.78, 5) is 25.5. The lowest BCUT2D eigenvalue weighted by Gasteiger charge is -2.20. The minimum absolute atomic E-state index is 0.327. The minimum Gasteiger partial charge on any atom is -0.495 e. The maximum Gasteiger partial charge on any atom is 0.282 e. The fraction of sp³-hybridized carbons (Fsp3) is 0.182. The molecule has 1 heterocycles. The first kappa shape index (κ1) is 20.2. The Labute approximate surface area is 169 Å². The van der Waals surface area contributed by atoms with Gasteiger partial charge in [-0.1, -0.05) is 36.4 Å². The van der Waals surface area contributed by atoms with Crippen LogP contribution in [0.15, 0.2) is 66.9 Å². The molecule has 0 bridgehead atoms. The van der Waals surface area contributed by atoms with Gasteiger partial charge in [0.15, 0.2) is 0 Å². The third-order valence-electron chi connectivity index (χ3n) is 4.51. The number of hydrogen-bond acceptors (Lipinski definition) is 4. The molecule has 29 heavy (non-hydrogen) atoms. The number of anilines is 1. The van der Waals surface area contributed by atoms with Gasteiger partial charge >= 0.3 is 0 Å². The highest BCUT2D eigenvalue weighted by Gasteiger charge is 2.23. The number of hydrogen-bond donors (Lipinski definition) is 3. The van der Waals surface area contributed by atoms with Crippen molar-refractivity contribution in [2.75, 3.05) is 12.4 Å². The molecule has 0 aliphatic carbocycles. The Morgan fingerprint density at radius 1 is 1.03 bits per heavy atom. The summed E-state index contributed by atoms with van der Waals surface area (Å²) in [5.41, 5.74) is 8.23. The average molecular weight is 392 g/mol. The number of hydrazine groups is 1. The van der Waals surface area contributed by atoms with Crippen LogP contribution < -0.4 is 20.9 Å². The van der Waals surface area contributed by atoms with Crippen molar-refractivity contribution in [1.29, 1.82) is 0 Å². The van der Waals surface area contributed by atoms with Gasteiger partial charge in [0.2, 0.25) is 5.91 Å². The molecule has 0 radical (unpaired) electrons. The topological polar surface area (TPSA) is 84.4 Å². The molecule has 2 amide bonds. The highest BCUT2D eigenvalue weighted by molar-refractivity contribution is 5.97. The van der Waals surface area contributed by atoms with E-state index >= 15 is 0 Å². The van der Waals surface area contributed by atoms with Crippen molar-refractivity contribution in [2.24, 2.45) is 7.05 Å². The molecule has 3 N–H and O–H groups in total. The third kappa shape index (κ3) is 4.83. The van der Waals surface area contributed by atoms with Crippen molar-refractivity contribution in [2.45, 2.75) is 13.0 Å². The Morgan fingerprint density at radius 2 is 1.79 bits per heavy atom. The van der Waals surface area contributed by atoms with Crippen LogP contribution in [0.2, 0.25) is 0 Å². The Bertz CT molecular complexity index is 998. The maximum atomic E-state index is 13.1. The Hall–Kier alpha value is -3.58. The minimum atomic E-state index is -0.800. The standard InChI is InChI=1S/C22H24N4O3/c1-15-11-12-19(29-3)17(14-15)23-22(28)20(16-8-5-4-6-9-16)24-25-21(27)18-10-7-13-26(18)2/h4-14,20,24H,1-3H3,(H,23,28)(H,25,27)/t20-/m0/s1. The van der Waals surface area contributed by atoms with Crippen LogP contribution in [0.5, 0.6) is 5.75 Å². The molecule has 0 aliphatic rings. The van der Waals surface area contributed by atoms with Crippen LogP contribution in [0.1, 0.15) is 27.7 Å². The van der Waals surface area contributed by atoms with E-state index in [2.05, 4.69) is 16.2 Å². The van der Waals surface area contributed by atoms with Crippen LogP contribution in [-0.4, -0.2) is 23.5 Å². The Morgan fingerprint density at radius 3 is 2.45 bits per heavy atom. The highest BCUT2D eigenvalue weighted by atomic mass is 16.5. The molecule has 3 rings (SSSR count). The molecule has 150 valence electrons. The molecule has 7 nitrogen and oxygen atoms in total. The molecule has 2 aromatic carbocycles.